The van der Waals surface area contributed by atoms with Gasteiger partial charge in [0.25, 0.3) is 0 Å². The summed E-state index contributed by atoms with van der Waals surface area (Å²) in [5.41, 5.74) is 3.61. The van der Waals surface area contributed by atoms with E-state index in [9.17, 15) is 9.36 Å². The summed E-state index contributed by atoms with van der Waals surface area (Å²) in [6.07, 6.45) is 7.84. The number of aryl methyl sites for hydroxylation is 2. The van der Waals surface area contributed by atoms with Gasteiger partial charge in [0.2, 0.25) is 5.91 Å². The number of fused-ring (bicyclic) bond motifs is 5. The number of thiazole rings is 1. The second-order valence-electron chi connectivity index (χ2n) is 11.1. The summed E-state index contributed by atoms with van der Waals surface area (Å²) >= 11 is 1.48. The number of oxime groups is 1. The van der Waals surface area contributed by atoms with Gasteiger partial charge in [0.1, 0.15) is 12.9 Å². The number of phosphoric acid groups is 1. The van der Waals surface area contributed by atoms with E-state index < -0.39 is 14.6 Å². The predicted molar refractivity (Wildman–Crippen MR) is 148 cm³/mol. The minimum Gasteiger partial charge on any atom is -0.467 e. The Labute approximate surface area is 232 Å². The number of benzene rings is 1. The van der Waals surface area contributed by atoms with Crippen LogP contribution in [0.4, 0.5) is 5.13 Å². The van der Waals surface area contributed by atoms with Crippen molar-refractivity contribution >= 4 is 35.9 Å². The van der Waals surface area contributed by atoms with Gasteiger partial charge in [0, 0.05) is 22.9 Å². The molecule has 212 valence electrons. The van der Waals surface area contributed by atoms with E-state index in [-0.39, 0.29) is 11.3 Å². The van der Waals surface area contributed by atoms with E-state index in [1.54, 1.807) is 13.3 Å². The normalized spacial score (nSPS) is 28.9. The lowest BCUT2D eigenvalue weighted by atomic mass is 9.54. The molecule has 0 aliphatic heterocycles. The van der Waals surface area contributed by atoms with Crippen molar-refractivity contribution in [1.82, 2.24) is 4.98 Å². The minimum absolute atomic E-state index is 0.000193. The van der Waals surface area contributed by atoms with Crippen LogP contribution in [0.15, 0.2) is 29.6 Å². The molecule has 2 aromatic rings. The number of rotatable bonds is 9. The van der Waals surface area contributed by atoms with Crippen molar-refractivity contribution in [1.29, 1.82) is 0 Å². The molecule has 1 amide bonds. The molecule has 2 fully saturated rings. The van der Waals surface area contributed by atoms with Crippen molar-refractivity contribution in [2.75, 3.05) is 19.2 Å². The Bertz CT molecular complexity index is 1290. The van der Waals surface area contributed by atoms with Gasteiger partial charge in [0.05, 0.1) is 5.71 Å². The van der Waals surface area contributed by atoms with Gasteiger partial charge >= 0.3 is 7.82 Å². The van der Waals surface area contributed by atoms with E-state index in [0.29, 0.717) is 41.0 Å². The maximum atomic E-state index is 12.8. The molecule has 39 heavy (non-hydrogen) atoms. The first kappa shape index (κ1) is 28.2. The van der Waals surface area contributed by atoms with Crippen LogP contribution in [0.5, 0.6) is 5.75 Å². The van der Waals surface area contributed by atoms with Gasteiger partial charge in [-0.1, -0.05) is 18.1 Å². The first-order valence-corrected chi connectivity index (χ1v) is 15.7. The Morgan fingerprint density at radius 2 is 2.15 bits per heavy atom. The molecule has 1 heterocycles. The van der Waals surface area contributed by atoms with Gasteiger partial charge in [0.15, 0.2) is 11.9 Å². The van der Waals surface area contributed by atoms with E-state index in [2.05, 4.69) is 33.0 Å². The van der Waals surface area contributed by atoms with Gasteiger partial charge < -0.3 is 24.7 Å². The van der Waals surface area contributed by atoms with E-state index in [4.69, 9.17) is 19.4 Å². The zero-order chi connectivity index (χ0) is 27.8. The molecule has 2 saturated carbocycles. The fourth-order valence-corrected chi connectivity index (χ4v) is 8.19. The molecular formula is C27H36N3O7PS. The zero-order valence-corrected chi connectivity index (χ0v) is 24.2. The highest BCUT2D eigenvalue weighted by Crippen LogP contribution is 2.62. The number of amides is 1. The zero-order valence-electron chi connectivity index (χ0n) is 22.5. The molecule has 3 N–H and O–H groups in total. The lowest BCUT2D eigenvalue weighted by Gasteiger charge is -2.50. The number of anilines is 1. The maximum absolute atomic E-state index is 12.8. The molecule has 0 bridgehead atoms. The summed E-state index contributed by atoms with van der Waals surface area (Å²) in [7, 11) is -2.97. The van der Waals surface area contributed by atoms with Crippen LogP contribution in [0.2, 0.25) is 0 Å². The van der Waals surface area contributed by atoms with Crippen LogP contribution in [-0.2, 0) is 25.1 Å². The maximum Gasteiger partial charge on any atom is 0.472 e. The largest absolute Gasteiger partial charge is 0.472 e. The van der Waals surface area contributed by atoms with Gasteiger partial charge in [-0.15, -0.1) is 11.3 Å². The lowest BCUT2D eigenvalue weighted by Crippen LogP contribution is -2.44. The average Bonchev–Trinajstić information content (AvgIpc) is 3.41. The minimum atomic E-state index is -4.58. The number of carbonyl (C=O) groups excluding carboxylic acids is 1. The third kappa shape index (κ3) is 6.07. The monoisotopic (exact) mass is 577 g/mol. The third-order valence-electron chi connectivity index (χ3n) is 8.83. The van der Waals surface area contributed by atoms with Crippen LogP contribution in [0, 0.1) is 30.1 Å². The first-order valence-electron chi connectivity index (χ1n) is 13.4. The van der Waals surface area contributed by atoms with Crippen LogP contribution in [-0.4, -0.2) is 40.3 Å². The van der Waals surface area contributed by atoms with Crippen molar-refractivity contribution in [3.8, 4) is 5.75 Å². The summed E-state index contributed by atoms with van der Waals surface area (Å²) in [5.74, 6) is 2.16. The molecule has 5 rings (SSSR count). The Hall–Kier alpha value is -2.30. The molecule has 1 aromatic heterocycles. The quantitative estimate of drug-likeness (QED) is 0.205. The fraction of sp³-hybridized carbons (Fsp3) is 0.593. The number of nitrogens with one attached hydrogen (secondary N) is 1. The van der Waals surface area contributed by atoms with Crippen LogP contribution in [0.3, 0.4) is 0 Å². The Morgan fingerprint density at radius 3 is 2.87 bits per heavy atom. The van der Waals surface area contributed by atoms with Crippen LogP contribution >= 0.6 is 19.2 Å². The number of hydrogen-bond donors (Lipinski definition) is 3. The van der Waals surface area contributed by atoms with Gasteiger partial charge in [-0.3, -0.25) is 4.79 Å². The lowest BCUT2D eigenvalue weighted by molar-refractivity contribution is -0.116. The summed E-state index contributed by atoms with van der Waals surface area (Å²) in [5, 5.41) is 8.09. The summed E-state index contributed by atoms with van der Waals surface area (Å²) in [4.78, 5) is 41.2. The van der Waals surface area contributed by atoms with E-state index >= 15 is 0 Å². The second kappa shape index (κ2) is 11.3. The van der Waals surface area contributed by atoms with Crippen molar-refractivity contribution in [3.05, 3.63) is 40.4 Å². The molecule has 0 radical (unpaired) electrons. The highest BCUT2D eigenvalue weighted by Gasteiger charge is 2.57. The van der Waals surface area contributed by atoms with E-state index in [1.807, 2.05) is 19.1 Å². The number of aromatic nitrogens is 1. The topological polar surface area (TPSA) is 140 Å². The summed E-state index contributed by atoms with van der Waals surface area (Å²) in [6, 6.07) is 5.92. The molecule has 0 saturated heterocycles. The van der Waals surface area contributed by atoms with Crippen LogP contribution < -0.4 is 10.1 Å². The van der Waals surface area contributed by atoms with Crippen molar-refractivity contribution in [2.45, 2.75) is 64.7 Å². The average molecular weight is 578 g/mol. The molecular weight excluding hydrogens is 541 g/mol. The first-order chi connectivity index (χ1) is 18.6. The molecule has 3 unspecified atom stereocenters. The third-order valence-corrected chi connectivity index (χ3v) is 10.1. The van der Waals surface area contributed by atoms with Crippen molar-refractivity contribution < 1.29 is 33.2 Å². The Morgan fingerprint density at radius 1 is 1.33 bits per heavy atom. The smallest absolute Gasteiger partial charge is 0.467 e. The Kier molecular flexibility index (Phi) is 8.18. The highest BCUT2D eigenvalue weighted by atomic mass is 32.1. The summed E-state index contributed by atoms with van der Waals surface area (Å²) in [6.45, 7) is 3.80. The molecule has 5 atom stereocenters. The van der Waals surface area contributed by atoms with E-state index in [0.717, 1.165) is 49.1 Å². The Balaban J connectivity index is 1.32. The summed E-state index contributed by atoms with van der Waals surface area (Å²) < 4.78 is 20.8. The fourth-order valence-electron chi connectivity index (χ4n) is 7.32. The molecule has 0 spiro atoms. The van der Waals surface area contributed by atoms with Gasteiger partial charge in [-0.25, -0.2) is 14.1 Å². The SMILES string of the molecule is CON=C1C[C@@H](CCC(=O)Nc2ncc(C)s2)C2C3CCc4cc(OCOP(=O)(O)O)ccc4C3CC[C@]12C. The standard InChI is InChI=1S/C27H36N3O7PS/c1-16-14-28-26(39-16)29-24(31)9-5-18-13-23(30-35-3)27(2)11-10-21-20-8-6-19(36-15-37-38(32,33)34)12-17(20)4-7-22(21)25(18)27/h6,8,12,14,18,21-22,25H,4-5,7,9-11,13,15H2,1-3H3,(H,28,29,31)(H2,32,33,34)/t18-,21?,22?,25?,27-/m1/s1. The molecule has 12 heteroatoms. The molecule has 3 aliphatic rings. The number of ether oxygens (including phenoxy) is 1. The number of hydrogen-bond acceptors (Lipinski definition) is 8. The number of phosphoric ester groups is 1. The highest BCUT2D eigenvalue weighted by molar-refractivity contribution is 7.46. The molecule has 1 aromatic carbocycles. The van der Waals surface area contributed by atoms with Crippen LogP contribution in [0.1, 0.15) is 67.4 Å². The van der Waals surface area contributed by atoms with Gasteiger partial charge in [-0.2, -0.15) is 0 Å². The van der Waals surface area contributed by atoms with Gasteiger partial charge in [-0.05, 0) is 92.4 Å². The number of carbonyl (C=O) groups is 1. The van der Waals surface area contributed by atoms with Crippen molar-refractivity contribution in [3.63, 3.8) is 0 Å². The number of nitrogens with zero attached hydrogens (tertiary/aromatic N) is 2. The van der Waals surface area contributed by atoms with E-state index in [1.165, 1.54) is 22.5 Å². The van der Waals surface area contributed by atoms with Crippen molar-refractivity contribution in [2.24, 2.45) is 28.3 Å². The molecule has 10 nitrogen and oxygen atoms in total. The van der Waals surface area contributed by atoms with Crippen LogP contribution in [0.25, 0.3) is 0 Å². The predicted octanol–water partition coefficient (Wildman–Crippen LogP) is 5.40. The molecule has 3 aliphatic carbocycles. The second-order valence-corrected chi connectivity index (χ2v) is 13.6.